The molecule has 0 aromatic heterocycles. The molecule has 0 N–H and O–H groups in total. The van der Waals surface area contributed by atoms with E-state index >= 15 is 0 Å². The number of carbonyl (C=O) groups excluding carboxylic acids is 2. The zero-order valence-electron chi connectivity index (χ0n) is 13.6. The average molecular weight is 341 g/mol. The number of nitrogens with zero attached hydrogens (tertiary/aromatic N) is 1. The van der Waals surface area contributed by atoms with Gasteiger partial charge in [0.1, 0.15) is 0 Å². The normalized spacial score (nSPS) is 11.0. The first-order valence-electron chi connectivity index (χ1n) is 7.43. The van der Waals surface area contributed by atoms with Crippen LogP contribution in [-0.2, 0) is 9.53 Å². The Bertz CT molecular complexity index is 712. The fourth-order valence-electron chi connectivity index (χ4n) is 1.87. The largest absolute Gasteiger partial charge is 0.454 e. The number of hydrogen-bond donors (Lipinski definition) is 0. The third kappa shape index (κ3) is 5.59. The van der Waals surface area contributed by atoms with Gasteiger partial charge in [0.2, 0.25) is 5.78 Å². The number of Topliss-reactive ketones (excluding diaryl/α,β-unsaturated/α-hetero) is 1. The molecule has 5 heteroatoms. The highest BCUT2D eigenvalue weighted by atomic mass is 32.2. The Morgan fingerprint density at radius 3 is 2.17 bits per heavy atom. The molecule has 0 aliphatic heterocycles. The summed E-state index contributed by atoms with van der Waals surface area (Å²) in [5.74, 6) is -0.736. The van der Waals surface area contributed by atoms with Crippen LogP contribution >= 0.6 is 11.8 Å². The van der Waals surface area contributed by atoms with Crippen molar-refractivity contribution >= 4 is 23.5 Å². The lowest BCUT2D eigenvalue weighted by molar-refractivity contribution is -0.117. The van der Waals surface area contributed by atoms with Gasteiger partial charge in [-0.3, -0.25) is 4.79 Å². The van der Waals surface area contributed by atoms with E-state index in [4.69, 9.17) is 4.74 Å². The van der Waals surface area contributed by atoms with Crippen LogP contribution < -0.4 is 0 Å². The Balaban J connectivity index is 2.02. The molecule has 24 heavy (non-hydrogen) atoms. The SMILES string of the molecule is CN(C)/C=C(\Sc1ccccc1)C(=O)COC(=O)c1ccccc1. The number of rotatable bonds is 7. The van der Waals surface area contributed by atoms with Crippen LogP contribution in [0.4, 0.5) is 0 Å². The van der Waals surface area contributed by atoms with Crippen LogP contribution in [0.15, 0.2) is 76.7 Å². The molecule has 2 aromatic carbocycles. The van der Waals surface area contributed by atoms with Crippen LogP contribution in [0, 0.1) is 0 Å². The molecule has 0 saturated carbocycles. The van der Waals surface area contributed by atoms with E-state index in [0.717, 1.165) is 4.90 Å². The number of ether oxygens (including phenoxy) is 1. The van der Waals surface area contributed by atoms with Crippen LogP contribution in [0.3, 0.4) is 0 Å². The monoisotopic (exact) mass is 341 g/mol. The smallest absolute Gasteiger partial charge is 0.338 e. The van der Waals surface area contributed by atoms with E-state index in [1.165, 1.54) is 11.8 Å². The number of hydrogen-bond acceptors (Lipinski definition) is 5. The highest BCUT2D eigenvalue weighted by Gasteiger charge is 2.15. The lowest BCUT2D eigenvalue weighted by atomic mass is 10.2. The summed E-state index contributed by atoms with van der Waals surface area (Å²) in [6.07, 6.45) is 1.73. The number of ketones is 1. The molecule has 0 fully saturated rings. The molecule has 0 radical (unpaired) electrons. The Morgan fingerprint density at radius 1 is 1.00 bits per heavy atom. The first kappa shape index (κ1) is 17.8. The summed E-state index contributed by atoms with van der Waals surface area (Å²) in [5, 5.41) is 0. The third-order valence-corrected chi connectivity index (χ3v) is 4.03. The summed E-state index contributed by atoms with van der Waals surface area (Å²) in [5.41, 5.74) is 0.430. The van der Waals surface area contributed by atoms with Crippen molar-refractivity contribution in [3.05, 3.63) is 77.3 Å². The van der Waals surface area contributed by atoms with E-state index in [1.54, 1.807) is 35.4 Å². The molecule has 0 atom stereocenters. The van der Waals surface area contributed by atoms with E-state index in [-0.39, 0.29) is 12.4 Å². The van der Waals surface area contributed by atoms with Crippen LogP contribution in [-0.4, -0.2) is 37.4 Å². The minimum atomic E-state index is -0.502. The Morgan fingerprint density at radius 2 is 1.58 bits per heavy atom. The quantitative estimate of drug-likeness (QED) is 0.437. The molecule has 0 amide bonds. The number of carbonyl (C=O) groups is 2. The molecular formula is C19H19NO3S. The topological polar surface area (TPSA) is 46.6 Å². The molecule has 0 unspecified atom stereocenters. The fourth-order valence-corrected chi connectivity index (χ4v) is 2.85. The summed E-state index contributed by atoms with van der Waals surface area (Å²) < 4.78 is 5.13. The predicted molar refractivity (Wildman–Crippen MR) is 95.8 cm³/mol. The zero-order valence-corrected chi connectivity index (χ0v) is 14.5. The molecule has 0 aliphatic rings. The molecule has 0 saturated heterocycles. The minimum absolute atomic E-state index is 0.234. The van der Waals surface area contributed by atoms with E-state index in [0.29, 0.717) is 10.5 Å². The second-order valence-electron chi connectivity index (χ2n) is 5.24. The van der Waals surface area contributed by atoms with E-state index < -0.39 is 5.97 Å². The van der Waals surface area contributed by atoms with Crippen molar-refractivity contribution in [3.8, 4) is 0 Å². The van der Waals surface area contributed by atoms with Gasteiger partial charge in [-0.2, -0.15) is 0 Å². The molecule has 4 nitrogen and oxygen atoms in total. The van der Waals surface area contributed by atoms with Crippen molar-refractivity contribution in [2.24, 2.45) is 0 Å². The summed E-state index contributed by atoms with van der Waals surface area (Å²) in [6.45, 7) is -0.284. The van der Waals surface area contributed by atoms with Crippen LogP contribution in [0.5, 0.6) is 0 Å². The fraction of sp³-hybridized carbons (Fsp3) is 0.158. The lowest BCUT2D eigenvalue weighted by Crippen LogP contribution is -2.16. The lowest BCUT2D eigenvalue weighted by Gasteiger charge is -2.11. The van der Waals surface area contributed by atoms with Crippen molar-refractivity contribution < 1.29 is 14.3 Å². The van der Waals surface area contributed by atoms with Crippen molar-refractivity contribution in [1.29, 1.82) is 0 Å². The average Bonchev–Trinajstić information content (AvgIpc) is 2.60. The third-order valence-electron chi connectivity index (χ3n) is 2.97. The van der Waals surface area contributed by atoms with Crippen molar-refractivity contribution in [2.45, 2.75) is 4.90 Å². The number of benzene rings is 2. The Kier molecular flexibility index (Phi) is 6.63. The van der Waals surface area contributed by atoms with Gasteiger partial charge in [0, 0.05) is 25.2 Å². The van der Waals surface area contributed by atoms with Gasteiger partial charge in [-0.15, -0.1) is 0 Å². The second kappa shape index (κ2) is 8.93. The van der Waals surface area contributed by atoms with Crippen molar-refractivity contribution in [1.82, 2.24) is 4.90 Å². The van der Waals surface area contributed by atoms with Gasteiger partial charge < -0.3 is 9.64 Å². The van der Waals surface area contributed by atoms with E-state index in [9.17, 15) is 9.59 Å². The molecule has 2 aromatic rings. The van der Waals surface area contributed by atoms with E-state index in [1.807, 2.05) is 50.5 Å². The first-order chi connectivity index (χ1) is 11.6. The maximum Gasteiger partial charge on any atom is 0.338 e. The van der Waals surface area contributed by atoms with Gasteiger partial charge in [-0.05, 0) is 24.3 Å². The maximum absolute atomic E-state index is 12.4. The molecule has 0 heterocycles. The van der Waals surface area contributed by atoms with E-state index in [2.05, 4.69) is 0 Å². The standard InChI is InChI=1S/C19H19NO3S/c1-20(2)13-18(24-16-11-7-4-8-12-16)17(21)14-23-19(22)15-9-5-3-6-10-15/h3-13H,14H2,1-2H3/b18-13-. The second-order valence-corrected chi connectivity index (χ2v) is 6.35. The zero-order chi connectivity index (χ0) is 17.4. The number of thioether (sulfide) groups is 1. The van der Waals surface area contributed by atoms with Gasteiger partial charge in [0.05, 0.1) is 10.5 Å². The minimum Gasteiger partial charge on any atom is -0.454 e. The molecule has 0 bridgehead atoms. The summed E-state index contributed by atoms with van der Waals surface area (Å²) in [4.78, 5) is 27.6. The van der Waals surface area contributed by atoms with Gasteiger partial charge in [-0.25, -0.2) is 4.79 Å². The van der Waals surface area contributed by atoms with Crippen molar-refractivity contribution in [3.63, 3.8) is 0 Å². The molecule has 124 valence electrons. The van der Waals surface area contributed by atoms with Crippen LogP contribution in [0.1, 0.15) is 10.4 Å². The number of esters is 1. The summed E-state index contributed by atoms with van der Waals surface area (Å²) in [7, 11) is 3.68. The highest BCUT2D eigenvalue weighted by Crippen LogP contribution is 2.27. The highest BCUT2D eigenvalue weighted by molar-refractivity contribution is 8.04. The van der Waals surface area contributed by atoms with Gasteiger partial charge in [0.25, 0.3) is 0 Å². The van der Waals surface area contributed by atoms with Crippen LogP contribution in [0.2, 0.25) is 0 Å². The van der Waals surface area contributed by atoms with Crippen molar-refractivity contribution in [2.75, 3.05) is 20.7 Å². The van der Waals surface area contributed by atoms with Crippen LogP contribution in [0.25, 0.3) is 0 Å². The summed E-state index contributed by atoms with van der Waals surface area (Å²) >= 11 is 1.35. The predicted octanol–water partition coefficient (Wildman–Crippen LogP) is 3.61. The Hall–Kier alpha value is -2.53. The molecule has 2 rings (SSSR count). The van der Waals surface area contributed by atoms with Gasteiger partial charge in [0.15, 0.2) is 6.61 Å². The van der Waals surface area contributed by atoms with Gasteiger partial charge >= 0.3 is 5.97 Å². The maximum atomic E-state index is 12.4. The molecular weight excluding hydrogens is 322 g/mol. The van der Waals surface area contributed by atoms with Gasteiger partial charge in [-0.1, -0.05) is 48.2 Å². The molecule has 0 spiro atoms. The molecule has 0 aliphatic carbocycles. The Labute approximate surface area is 146 Å². The first-order valence-corrected chi connectivity index (χ1v) is 8.24. The summed E-state index contributed by atoms with van der Waals surface area (Å²) in [6, 6.07) is 18.2.